The summed E-state index contributed by atoms with van der Waals surface area (Å²) in [6.45, 7) is 21.6. The number of hydrogen-bond donors (Lipinski definition) is 6. The third kappa shape index (κ3) is 13.6. The summed E-state index contributed by atoms with van der Waals surface area (Å²) in [4.78, 5) is 18.7. The van der Waals surface area contributed by atoms with Gasteiger partial charge < -0.3 is 79.1 Å². The Morgan fingerprint density at radius 1 is 0.259 bits per heavy atom. The molecule has 16 nitrogen and oxygen atoms in total. The summed E-state index contributed by atoms with van der Waals surface area (Å²) in [7, 11) is 0. The number of aromatic amines is 2. The summed E-state index contributed by atoms with van der Waals surface area (Å²) < 4.78 is 54.0. The Labute approximate surface area is 489 Å². The topological polar surface area (TPSA) is 182 Å². The van der Waals surface area contributed by atoms with Gasteiger partial charge in [0.1, 0.15) is 46.0 Å². The predicted molar refractivity (Wildman–Crippen MR) is 327 cm³/mol. The van der Waals surface area contributed by atoms with E-state index in [1.54, 1.807) is 0 Å². The Hall–Kier alpha value is -6.84. The molecule has 4 aromatic heterocycles. The van der Waals surface area contributed by atoms with Gasteiger partial charge in [-0.1, -0.05) is 107 Å². The maximum absolute atomic E-state index is 6.75. The summed E-state index contributed by atoms with van der Waals surface area (Å²) in [6.07, 6.45) is 14.9. The van der Waals surface area contributed by atoms with Crippen LogP contribution in [0.5, 0.6) is 46.0 Å². The number of H-pyrrole nitrogens is 2. The van der Waals surface area contributed by atoms with E-state index >= 15 is 0 Å². The van der Waals surface area contributed by atoms with E-state index in [-0.39, 0.29) is 17.1 Å². The molecule has 0 spiro atoms. The van der Waals surface area contributed by atoms with E-state index in [4.69, 9.17) is 47.9 Å². The summed E-state index contributed by atoms with van der Waals surface area (Å²) >= 11 is 0. The fraction of sp³-hybridized carbons (Fsp3) is 0.500. The van der Waals surface area contributed by atoms with E-state index < -0.39 is 0 Å². The first-order valence-electron chi connectivity index (χ1n) is 30.1. The molecular weight excluding hydrogens is 1070 g/mol. The zero-order chi connectivity index (χ0) is 55.8. The fourth-order valence-electron chi connectivity index (χ4n) is 9.92. The van der Waals surface area contributed by atoms with Crippen molar-refractivity contribution in [2.45, 2.75) is 158 Å². The van der Waals surface area contributed by atoms with Crippen molar-refractivity contribution in [3.63, 3.8) is 0 Å². The van der Waals surface area contributed by atoms with Gasteiger partial charge in [-0.05, 0) is 99.9 Å². The van der Waals surface area contributed by atoms with Gasteiger partial charge in [0.15, 0.2) is 0 Å². The molecule has 0 amide bonds. The first kappa shape index (κ1) is 60.3. The Kier molecular flexibility index (Phi) is 22.1. The molecule has 0 saturated heterocycles. The third-order valence-electron chi connectivity index (χ3n) is 14.4. The largest absolute Gasteiger partial charge is 2.00 e. The van der Waals surface area contributed by atoms with Gasteiger partial charge in [-0.3, -0.25) is 0 Å². The molecule has 1 radical (unpaired) electrons. The molecule has 0 unspecified atom stereocenters. The van der Waals surface area contributed by atoms with Crippen molar-refractivity contribution in [3.05, 3.63) is 48.5 Å². The summed E-state index contributed by atoms with van der Waals surface area (Å²) in [6, 6.07) is 16.1. The molecule has 5 heterocycles. The van der Waals surface area contributed by atoms with Crippen molar-refractivity contribution in [2.24, 2.45) is 0 Å². The molecule has 0 aliphatic carbocycles. The van der Waals surface area contributed by atoms with Crippen LogP contribution < -0.4 is 69.1 Å². The van der Waals surface area contributed by atoms with Gasteiger partial charge in [0.05, 0.1) is 97.7 Å². The number of nitrogens with zero attached hydrogens (tertiary/aromatic N) is 2. The maximum Gasteiger partial charge on any atom is 2.00 e. The van der Waals surface area contributed by atoms with Gasteiger partial charge in [0, 0.05) is 44.8 Å². The number of fused-ring (bicyclic) bond motifs is 20. The molecule has 1 aliphatic heterocycles. The van der Waals surface area contributed by atoms with Crippen LogP contribution >= 0.6 is 0 Å². The first-order chi connectivity index (χ1) is 39.4. The normalized spacial score (nSPS) is 12.0. The van der Waals surface area contributed by atoms with Crippen molar-refractivity contribution >= 4 is 89.6 Å². The van der Waals surface area contributed by atoms with Crippen LogP contribution in [-0.2, 0) is 17.1 Å². The van der Waals surface area contributed by atoms with Crippen molar-refractivity contribution in [1.82, 2.24) is 19.9 Å². The zero-order valence-electron chi connectivity index (χ0n) is 49.1. The number of benzene rings is 4. The second-order valence-electron chi connectivity index (χ2n) is 20.7. The van der Waals surface area contributed by atoms with Crippen LogP contribution in [0.25, 0.3) is 43.1 Å². The third-order valence-corrected chi connectivity index (χ3v) is 14.4. The van der Waals surface area contributed by atoms with Gasteiger partial charge in [0.25, 0.3) is 0 Å². The van der Waals surface area contributed by atoms with Gasteiger partial charge in [-0.15, -0.1) is 0 Å². The van der Waals surface area contributed by atoms with Crippen molar-refractivity contribution in [2.75, 3.05) is 74.1 Å². The van der Waals surface area contributed by atoms with Gasteiger partial charge in [-0.2, -0.15) is 0 Å². The van der Waals surface area contributed by atoms with Crippen LogP contribution in [-0.4, -0.2) is 62.8 Å². The van der Waals surface area contributed by atoms with Gasteiger partial charge in [-0.25, -0.2) is 0 Å². The number of rotatable bonds is 32. The Morgan fingerprint density at radius 3 is 0.580 bits per heavy atom. The SMILES string of the molecule is CCCCOc1ccc(OCCCC)c2c3[n-]c(c12)Nc1[nH]c(c2c(OCCCC)ccc(OCCCC)c12)Nc1[n-]c(c2c(OCCCC)ccc(OCCCC)c12)Nc1[nH]c(c2c(OCCCC)ccc(OCCCC)c12)N3.[Cu+2]. The number of aromatic nitrogens is 4. The van der Waals surface area contributed by atoms with Crippen LogP contribution in [0.2, 0.25) is 0 Å². The average molecular weight is 1160 g/mol. The Morgan fingerprint density at radius 2 is 0.420 bits per heavy atom. The number of nitrogens with one attached hydrogen (secondary N) is 6. The molecule has 9 rings (SSSR count). The molecule has 8 bridgehead atoms. The molecule has 441 valence electrons. The first-order valence-corrected chi connectivity index (χ1v) is 30.1. The monoisotopic (exact) mass is 1160 g/mol. The quantitative estimate of drug-likeness (QED) is 0.0173. The minimum absolute atomic E-state index is 0. The van der Waals surface area contributed by atoms with Crippen molar-refractivity contribution in [3.8, 4) is 46.0 Å². The standard InChI is InChI=1S/C64H86N8O8.Cu/c1-9-17-33-73-41-25-26-42(74-34-18-10-2)50-49(41)57-65-58(50)70-60-53-45(77-37-21-13-5)29-30-46(78-38-22-14-6)54(53)62(67-60)72-64-56-48(80-40-24-16-8)32-31-47(79-39-23-15-7)55(56)63(68-64)71-61-52-44(76-36-20-12-4)28-27-43(75-35-19-11-3)51(52)59(66-61)69-57;/h25-32,65,68-72H,9-24,33-40H2,1-8H3;/q-2;+2. The van der Waals surface area contributed by atoms with E-state index in [0.717, 1.165) is 146 Å². The minimum atomic E-state index is 0. The van der Waals surface area contributed by atoms with Gasteiger partial charge in [0.2, 0.25) is 0 Å². The summed E-state index contributed by atoms with van der Waals surface area (Å²) in [5.74, 6) is 10.2. The molecule has 0 fully saturated rings. The second-order valence-corrected chi connectivity index (χ2v) is 20.7. The number of hydrogen-bond acceptors (Lipinski definition) is 12. The van der Waals surface area contributed by atoms with Gasteiger partial charge >= 0.3 is 17.1 Å². The fourth-order valence-corrected chi connectivity index (χ4v) is 9.92. The smallest absolute Gasteiger partial charge is 0.493 e. The Balaban J connectivity index is 0.00000860. The van der Waals surface area contributed by atoms with E-state index in [0.29, 0.717) is 145 Å². The van der Waals surface area contributed by atoms with E-state index in [1.165, 1.54) is 0 Å². The molecule has 6 N–H and O–H groups in total. The van der Waals surface area contributed by atoms with Crippen molar-refractivity contribution < 1.29 is 55.0 Å². The molecule has 0 atom stereocenters. The molecular formula is C64H86CuN8O8. The van der Waals surface area contributed by atoms with Crippen LogP contribution in [0.1, 0.15) is 158 Å². The number of unbranched alkanes of at least 4 members (excludes halogenated alkanes) is 8. The van der Waals surface area contributed by atoms with Crippen LogP contribution in [0.15, 0.2) is 48.5 Å². The predicted octanol–water partition coefficient (Wildman–Crippen LogP) is 17.6. The van der Waals surface area contributed by atoms with Crippen LogP contribution in [0.3, 0.4) is 0 Å². The molecule has 8 aromatic rings. The van der Waals surface area contributed by atoms with Crippen LogP contribution in [0, 0.1) is 0 Å². The summed E-state index contributed by atoms with van der Waals surface area (Å²) in [5.41, 5.74) is 0. The minimum Gasteiger partial charge on any atom is -0.493 e. The van der Waals surface area contributed by atoms with E-state index in [1.807, 2.05) is 48.5 Å². The molecule has 81 heavy (non-hydrogen) atoms. The number of anilines is 8. The molecule has 17 heteroatoms. The molecule has 4 aromatic carbocycles. The molecule has 0 saturated carbocycles. The zero-order valence-corrected chi connectivity index (χ0v) is 50.0. The van der Waals surface area contributed by atoms with Crippen molar-refractivity contribution in [1.29, 1.82) is 0 Å². The second kappa shape index (κ2) is 29.7. The molecule has 1 aliphatic rings. The average Bonchev–Trinajstić information content (AvgIpc) is 4.44. The Bertz CT molecular complexity index is 2660. The van der Waals surface area contributed by atoms with E-state index in [9.17, 15) is 0 Å². The van der Waals surface area contributed by atoms with Crippen LogP contribution in [0.4, 0.5) is 46.5 Å². The van der Waals surface area contributed by atoms with E-state index in [2.05, 4.69) is 86.6 Å². The number of ether oxygens (including phenoxy) is 8. The maximum atomic E-state index is 6.75. The summed E-state index contributed by atoms with van der Waals surface area (Å²) in [5, 5.41) is 21.6.